The highest BCUT2D eigenvalue weighted by molar-refractivity contribution is 5.03. The molecule has 0 radical (unpaired) electrons. The van der Waals surface area contributed by atoms with Gasteiger partial charge in [0, 0.05) is 24.9 Å². The van der Waals surface area contributed by atoms with E-state index in [4.69, 9.17) is 0 Å². The van der Waals surface area contributed by atoms with E-state index in [9.17, 15) is 5.11 Å². The van der Waals surface area contributed by atoms with Crippen LogP contribution in [0.15, 0.2) is 24.4 Å². The van der Waals surface area contributed by atoms with Crippen molar-refractivity contribution in [3.05, 3.63) is 30.1 Å². The molecule has 0 aliphatic carbocycles. The quantitative estimate of drug-likeness (QED) is 0.861. The minimum absolute atomic E-state index is 0.145. The monoisotopic (exact) mass is 234 g/mol. The van der Waals surface area contributed by atoms with Crippen LogP contribution < -0.4 is 0 Å². The van der Waals surface area contributed by atoms with E-state index in [1.807, 2.05) is 25.3 Å². The Balaban J connectivity index is 1.72. The Labute approximate surface area is 103 Å². The Kier molecular flexibility index (Phi) is 4.51. The highest BCUT2D eigenvalue weighted by Gasteiger charge is 2.22. The van der Waals surface area contributed by atoms with Crippen molar-refractivity contribution in [2.24, 2.45) is 5.92 Å². The number of aliphatic hydroxyl groups excluding tert-OH is 1. The van der Waals surface area contributed by atoms with Crippen LogP contribution in [0.5, 0.6) is 0 Å². The van der Waals surface area contributed by atoms with Gasteiger partial charge in [-0.3, -0.25) is 4.98 Å². The fraction of sp³-hybridized carbons (Fsp3) is 0.643. The second-order valence-electron chi connectivity index (χ2n) is 4.99. The van der Waals surface area contributed by atoms with Crippen LogP contribution in [0.2, 0.25) is 0 Å². The lowest BCUT2D eigenvalue weighted by atomic mass is 9.92. The van der Waals surface area contributed by atoms with Gasteiger partial charge in [-0.25, -0.2) is 0 Å². The first kappa shape index (κ1) is 12.5. The molecule has 1 aromatic rings. The first-order chi connectivity index (χ1) is 8.25. The molecule has 0 aromatic carbocycles. The Bertz CT molecular complexity index is 318. The Morgan fingerprint density at radius 2 is 2.18 bits per heavy atom. The SMILES string of the molecule is CC(O)C1CCN(CCc2ccccn2)CC1. The van der Waals surface area contributed by atoms with Gasteiger partial charge in [0.15, 0.2) is 0 Å². The van der Waals surface area contributed by atoms with E-state index in [0.29, 0.717) is 5.92 Å². The third-order valence-electron chi connectivity index (χ3n) is 3.72. The molecule has 1 atom stereocenters. The zero-order valence-corrected chi connectivity index (χ0v) is 10.5. The summed E-state index contributed by atoms with van der Waals surface area (Å²) in [5, 5.41) is 9.54. The van der Waals surface area contributed by atoms with Crippen molar-refractivity contribution >= 4 is 0 Å². The number of hydrogen-bond donors (Lipinski definition) is 1. The van der Waals surface area contributed by atoms with Crippen LogP contribution in [0, 0.1) is 5.92 Å². The van der Waals surface area contributed by atoms with Crippen LogP contribution in [0.1, 0.15) is 25.5 Å². The summed E-state index contributed by atoms with van der Waals surface area (Å²) in [7, 11) is 0. The molecule has 2 heterocycles. The molecule has 3 heteroatoms. The molecule has 1 aliphatic rings. The molecule has 1 fully saturated rings. The molecule has 94 valence electrons. The Hall–Kier alpha value is -0.930. The molecule has 1 unspecified atom stereocenters. The smallest absolute Gasteiger partial charge is 0.0541 e. The summed E-state index contributed by atoms with van der Waals surface area (Å²) in [5.41, 5.74) is 1.17. The molecule has 2 rings (SSSR count). The van der Waals surface area contributed by atoms with Crippen LogP contribution in [0.25, 0.3) is 0 Å². The molecule has 17 heavy (non-hydrogen) atoms. The van der Waals surface area contributed by atoms with Crippen molar-refractivity contribution in [2.75, 3.05) is 19.6 Å². The molecular weight excluding hydrogens is 212 g/mol. The summed E-state index contributed by atoms with van der Waals surface area (Å²) in [6, 6.07) is 6.09. The lowest BCUT2D eigenvalue weighted by Gasteiger charge is -2.33. The topological polar surface area (TPSA) is 36.4 Å². The van der Waals surface area contributed by atoms with E-state index in [1.54, 1.807) is 0 Å². The largest absolute Gasteiger partial charge is 0.393 e. The predicted molar refractivity (Wildman–Crippen MR) is 68.8 cm³/mol. The number of pyridine rings is 1. The van der Waals surface area contributed by atoms with E-state index < -0.39 is 0 Å². The number of hydrogen-bond acceptors (Lipinski definition) is 3. The standard InChI is InChI=1S/C14H22N2O/c1-12(17)13-5-9-16(10-6-13)11-7-14-4-2-3-8-15-14/h2-4,8,12-13,17H,5-7,9-11H2,1H3. The van der Waals surface area contributed by atoms with Gasteiger partial charge >= 0.3 is 0 Å². The molecule has 0 saturated carbocycles. The average molecular weight is 234 g/mol. The van der Waals surface area contributed by atoms with Crippen LogP contribution in [0.3, 0.4) is 0 Å². The molecule has 1 saturated heterocycles. The average Bonchev–Trinajstić information content (AvgIpc) is 2.38. The van der Waals surface area contributed by atoms with Crippen molar-refractivity contribution in [1.29, 1.82) is 0 Å². The van der Waals surface area contributed by atoms with Gasteiger partial charge in [-0.1, -0.05) is 6.07 Å². The molecule has 3 nitrogen and oxygen atoms in total. The summed E-state index contributed by atoms with van der Waals surface area (Å²) in [4.78, 5) is 6.82. The van der Waals surface area contributed by atoms with Crippen LogP contribution in [-0.4, -0.2) is 40.7 Å². The van der Waals surface area contributed by atoms with Crippen molar-refractivity contribution in [3.63, 3.8) is 0 Å². The van der Waals surface area contributed by atoms with Crippen LogP contribution >= 0.6 is 0 Å². The zero-order chi connectivity index (χ0) is 12.1. The number of nitrogens with zero attached hydrogens (tertiary/aromatic N) is 2. The third kappa shape index (κ3) is 3.79. The zero-order valence-electron chi connectivity index (χ0n) is 10.5. The van der Waals surface area contributed by atoms with Crippen molar-refractivity contribution in [2.45, 2.75) is 32.3 Å². The number of aromatic nitrogens is 1. The van der Waals surface area contributed by atoms with Crippen LogP contribution in [-0.2, 0) is 6.42 Å². The van der Waals surface area contributed by atoms with E-state index in [2.05, 4.69) is 16.0 Å². The predicted octanol–water partition coefficient (Wildman–Crippen LogP) is 1.72. The van der Waals surface area contributed by atoms with Crippen molar-refractivity contribution in [3.8, 4) is 0 Å². The maximum atomic E-state index is 9.54. The van der Waals surface area contributed by atoms with Crippen molar-refractivity contribution in [1.82, 2.24) is 9.88 Å². The van der Waals surface area contributed by atoms with Crippen LogP contribution in [0.4, 0.5) is 0 Å². The molecule has 0 spiro atoms. The number of rotatable bonds is 4. The molecule has 0 amide bonds. The van der Waals surface area contributed by atoms with Gasteiger partial charge in [0.2, 0.25) is 0 Å². The maximum absolute atomic E-state index is 9.54. The highest BCUT2D eigenvalue weighted by Crippen LogP contribution is 2.20. The molecule has 0 bridgehead atoms. The molecule has 1 N–H and O–H groups in total. The van der Waals surface area contributed by atoms with E-state index in [-0.39, 0.29) is 6.10 Å². The summed E-state index contributed by atoms with van der Waals surface area (Å²) >= 11 is 0. The maximum Gasteiger partial charge on any atom is 0.0541 e. The molecular formula is C14H22N2O. The van der Waals surface area contributed by atoms with Gasteiger partial charge in [-0.05, 0) is 50.9 Å². The number of aliphatic hydroxyl groups is 1. The number of piperidine rings is 1. The first-order valence-corrected chi connectivity index (χ1v) is 6.56. The summed E-state index contributed by atoms with van der Waals surface area (Å²) < 4.78 is 0. The Morgan fingerprint density at radius 1 is 1.41 bits per heavy atom. The van der Waals surface area contributed by atoms with Gasteiger partial charge in [0.05, 0.1) is 6.10 Å². The fourth-order valence-electron chi connectivity index (χ4n) is 2.48. The summed E-state index contributed by atoms with van der Waals surface area (Å²) in [6.45, 7) is 5.22. The highest BCUT2D eigenvalue weighted by atomic mass is 16.3. The van der Waals surface area contributed by atoms with Gasteiger partial charge in [-0.2, -0.15) is 0 Å². The fourth-order valence-corrected chi connectivity index (χ4v) is 2.48. The lowest BCUT2D eigenvalue weighted by Crippen LogP contribution is -2.38. The Morgan fingerprint density at radius 3 is 2.76 bits per heavy atom. The van der Waals surface area contributed by atoms with E-state index >= 15 is 0 Å². The lowest BCUT2D eigenvalue weighted by molar-refractivity contribution is 0.0722. The second-order valence-corrected chi connectivity index (χ2v) is 4.99. The van der Waals surface area contributed by atoms with Gasteiger partial charge < -0.3 is 10.0 Å². The summed E-state index contributed by atoms with van der Waals surface area (Å²) in [6.07, 6.45) is 4.99. The van der Waals surface area contributed by atoms with E-state index in [0.717, 1.165) is 38.9 Å². The van der Waals surface area contributed by atoms with Gasteiger partial charge in [0.1, 0.15) is 0 Å². The van der Waals surface area contributed by atoms with Crippen molar-refractivity contribution < 1.29 is 5.11 Å². The molecule has 1 aliphatic heterocycles. The molecule has 1 aromatic heterocycles. The van der Waals surface area contributed by atoms with Gasteiger partial charge in [0.25, 0.3) is 0 Å². The normalized spacial score (nSPS) is 20.4. The second kappa shape index (κ2) is 6.12. The first-order valence-electron chi connectivity index (χ1n) is 6.56. The van der Waals surface area contributed by atoms with E-state index in [1.165, 1.54) is 5.69 Å². The minimum Gasteiger partial charge on any atom is -0.393 e. The minimum atomic E-state index is -0.145. The number of likely N-dealkylation sites (tertiary alicyclic amines) is 1. The third-order valence-corrected chi connectivity index (χ3v) is 3.72. The van der Waals surface area contributed by atoms with Gasteiger partial charge in [-0.15, -0.1) is 0 Å². The summed E-state index contributed by atoms with van der Waals surface area (Å²) in [5.74, 6) is 0.501.